The minimum atomic E-state index is -0.542. The van der Waals surface area contributed by atoms with E-state index < -0.39 is 5.92 Å². The first-order valence-corrected chi connectivity index (χ1v) is 10.5. The lowest BCUT2D eigenvalue weighted by Crippen LogP contribution is -2.25. The molecule has 1 aliphatic rings. The van der Waals surface area contributed by atoms with Crippen LogP contribution in [0.3, 0.4) is 0 Å². The fourth-order valence-corrected chi connectivity index (χ4v) is 4.30. The molecule has 32 heavy (non-hydrogen) atoms. The minimum absolute atomic E-state index is 0.131. The third kappa shape index (κ3) is 3.31. The molecule has 0 aliphatic carbocycles. The number of imidazole rings is 1. The van der Waals surface area contributed by atoms with Crippen LogP contribution < -0.4 is 10.6 Å². The Kier molecular flexibility index (Phi) is 4.93. The van der Waals surface area contributed by atoms with Crippen molar-refractivity contribution in [1.82, 2.24) is 29.5 Å². The number of fused-ring (bicyclic) bond motifs is 2. The summed E-state index contributed by atoms with van der Waals surface area (Å²) in [6.07, 6.45) is 7.61. The van der Waals surface area contributed by atoms with Gasteiger partial charge >= 0.3 is 0 Å². The van der Waals surface area contributed by atoms with Crippen molar-refractivity contribution in [2.24, 2.45) is 0 Å². The van der Waals surface area contributed by atoms with Gasteiger partial charge in [-0.15, -0.1) is 0 Å². The highest BCUT2D eigenvalue weighted by atomic mass is 16.2. The smallest absolute Gasteiger partial charge is 0.253 e. The summed E-state index contributed by atoms with van der Waals surface area (Å²) in [5, 5.41) is 10.2. The molecule has 2 amide bonds. The monoisotopic (exact) mass is 429 g/mol. The van der Waals surface area contributed by atoms with E-state index in [1.54, 1.807) is 16.9 Å². The summed E-state index contributed by atoms with van der Waals surface area (Å²) in [4.78, 5) is 34.3. The van der Waals surface area contributed by atoms with E-state index in [1.165, 1.54) is 6.33 Å². The first kappa shape index (κ1) is 19.9. The van der Waals surface area contributed by atoms with Gasteiger partial charge in [0.05, 0.1) is 16.8 Å². The Bertz CT molecular complexity index is 1340. The average Bonchev–Trinajstić information content (AvgIpc) is 3.45. The van der Waals surface area contributed by atoms with E-state index in [9.17, 15) is 9.59 Å². The standard InChI is InChI=1S/C23H23N7O2/c1-14-17(22(31)25-8-5-10-29-11-9-24-15(29)2)12-30-21(14)20(26-13-27-30)19-16-6-3-4-7-18(16)28-23(19)32/h3-4,6-7,9,11-13,19H,5,8,10H2,1-2H3,(H,25,31)(H,28,32). The number of amides is 2. The molecule has 1 unspecified atom stereocenters. The Balaban J connectivity index is 1.39. The molecule has 0 saturated carbocycles. The second-order valence-electron chi connectivity index (χ2n) is 7.89. The van der Waals surface area contributed by atoms with Crippen molar-refractivity contribution >= 4 is 23.0 Å². The number of hydrogen-bond acceptors (Lipinski definition) is 5. The number of hydrogen-bond donors (Lipinski definition) is 2. The highest BCUT2D eigenvalue weighted by Gasteiger charge is 2.35. The predicted octanol–water partition coefficient (Wildman–Crippen LogP) is 2.45. The molecule has 5 rings (SSSR count). The van der Waals surface area contributed by atoms with E-state index in [2.05, 4.69) is 30.3 Å². The fourth-order valence-electron chi connectivity index (χ4n) is 4.30. The maximum absolute atomic E-state index is 12.9. The van der Waals surface area contributed by atoms with Crippen LogP contribution in [0, 0.1) is 13.8 Å². The third-order valence-corrected chi connectivity index (χ3v) is 5.95. The number of anilines is 1. The lowest BCUT2D eigenvalue weighted by molar-refractivity contribution is -0.116. The Morgan fingerprint density at radius 2 is 2.06 bits per heavy atom. The third-order valence-electron chi connectivity index (χ3n) is 5.95. The van der Waals surface area contributed by atoms with Crippen LogP contribution in [0.1, 0.15) is 45.3 Å². The number of para-hydroxylation sites is 1. The van der Waals surface area contributed by atoms with E-state index in [0.717, 1.165) is 35.6 Å². The van der Waals surface area contributed by atoms with Gasteiger partial charge in [-0.3, -0.25) is 9.59 Å². The van der Waals surface area contributed by atoms with Gasteiger partial charge < -0.3 is 15.2 Å². The second kappa shape index (κ2) is 7.92. The highest BCUT2D eigenvalue weighted by Crippen LogP contribution is 2.38. The van der Waals surface area contributed by atoms with Crippen LogP contribution in [-0.4, -0.2) is 42.5 Å². The van der Waals surface area contributed by atoms with Crippen molar-refractivity contribution in [2.45, 2.75) is 32.7 Å². The maximum Gasteiger partial charge on any atom is 0.253 e. The van der Waals surface area contributed by atoms with E-state index in [0.29, 0.717) is 23.3 Å². The Hall–Kier alpha value is -4.01. The van der Waals surface area contributed by atoms with E-state index in [4.69, 9.17) is 0 Å². The lowest BCUT2D eigenvalue weighted by Gasteiger charge is -2.10. The maximum atomic E-state index is 12.9. The summed E-state index contributed by atoms with van der Waals surface area (Å²) in [6, 6.07) is 7.58. The molecule has 0 radical (unpaired) electrons. The van der Waals surface area contributed by atoms with E-state index in [-0.39, 0.29) is 11.8 Å². The van der Waals surface area contributed by atoms with Gasteiger partial charge in [-0.05, 0) is 37.5 Å². The molecule has 9 nitrogen and oxygen atoms in total. The van der Waals surface area contributed by atoms with Crippen molar-refractivity contribution in [1.29, 1.82) is 0 Å². The molecule has 1 aromatic carbocycles. The van der Waals surface area contributed by atoms with Gasteiger partial charge in [-0.2, -0.15) is 5.10 Å². The first-order chi connectivity index (χ1) is 15.5. The molecular formula is C23H23N7O2. The van der Waals surface area contributed by atoms with E-state index in [1.807, 2.05) is 44.3 Å². The van der Waals surface area contributed by atoms with Crippen molar-refractivity contribution in [3.05, 3.63) is 77.4 Å². The molecule has 162 valence electrons. The van der Waals surface area contributed by atoms with Crippen molar-refractivity contribution in [3.63, 3.8) is 0 Å². The SMILES string of the molecule is Cc1c(C(=O)NCCCn2ccnc2C)cn2ncnc(C3C(=O)Nc4ccccc43)c12. The first-order valence-electron chi connectivity index (χ1n) is 10.5. The number of carbonyl (C=O) groups is 2. The molecule has 0 fully saturated rings. The van der Waals surface area contributed by atoms with Crippen LogP contribution in [-0.2, 0) is 11.3 Å². The van der Waals surface area contributed by atoms with Gasteiger partial charge in [0.1, 0.15) is 18.1 Å². The predicted molar refractivity (Wildman–Crippen MR) is 119 cm³/mol. The van der Waals surface area contributed by atoms with Crippen molar-refractivity contribution in [3.8, 4) is 0 Å². The Morgan fingerprint density at radius 1 is 1.22 bits per heavy atom. The van der Waals surface area contributed by atoms with Crippen LogP contribution in [0.2, 0.25) is 0 Å². The summed E-state index contributed by atoms with van der Waals surface area (Å²) in [6.45, 7) is 5.15. The quantitative estimate of drug-likeness (QED) is 0.458. The number of nitrogens with zero attached hydrogens (tertiary/aromatic N) is 5. The molecule has 4 heterocycles. The minimum Gasteiger partial charge on any atom is -0.352 e. The molecule has 0 spiro atoms. The normalized spacial score (nSPS) is 15.1. The zero-order chi connectivity index (χ0) is 22.2. The zero-order valence-electron chi connectivity index (χ0n) is 17.9. The Morgan fingerprint density at radius 3 is 2.88 bits per heavy atom. The van der Waals surface area contributed by atoms with E-state index >= 15 is 0 Å². The summed E-state index contributed by atoms with van der Waals surface area (Å²) in [7, 11) is 0. The summed E-state index contributed by atoms with van der Waals surface area (Å²) >= 11 is 0. The van der Waals surface area contributed by atoms with Gasteiger partial charge in [-0.1, -0.05) is 18.2 Å². The number of nitrogens with one attached hydrogen (secondary N) is 2. The molecule has 3 aromatic heterocycles. The lowest BCUT2D eigenvalue weighted by atomic mass is 9.95. The van der Waals surface area contributed by atoms with Crippen LogP contribution >= 0.6 is 0 Å². The van der Waals surface area contributed by atoms with Gasteiger partial charge in [0.15, 0.2) is 0 Å². The van der Waals surface area contributed by atoms with Crippen molar-refractivity contribution < 1.29 is 9.59 Å². The number of carbonyl (C=O) groups excluding carboxylic acids is 2. The van der Waals surface area contributed by atoms with Gasteiger partial charge in [0, 0.05) is 37.4 Å². The van der Waals surface area contributed by atoms with Gasteiger partial charge in [-0.25, -0.2) is 14.5 Å². The van der Waals surface area contributed by atoms with Crippen LogP contribution in [0.4, 0.5) is 5.69 Å². The highest BCUT2D eigenvalue weighted by molar-refractivity contribution is 6.06. The second-order valence-corrected chi connectivity index (χ2v) is 7.89. The van der Waals surface area contributed by atoms with Crippen LogP contribution in [0.15, 0.2) is 49.2 Å². The fraction of sp³-hybridized carbons (Fsp3) is 0.261. The molecule has 0 bridgehead atoms. The molecule has 9 heteroatoms. The molecule has 1 atom stereocenters. The van der Waals surface area contributed by atoms with Crippen molar-refractivity contribution in [2.75, 3.05) is 11.9 Å². The van der Waals surface area contributed by atoms with Crippen LogP contribution in [0.25, 0.3) is 5.52 Å². The molecule has 4 aromatic rings. The number of rotatable bonds is 6. The molecule has 2 N–H and O–H groups in total. The molecule has 1 aliphatic heterocycles. The topological polar surface area (TPSA) is 106 Å². The largest absolute Gasteiger partial charge is 0.352 e. The number of aromatic nitrogens is 5. The molecule has 0 saturated heterocycles. The van der Waals surface area contributed by atoms with Crippen LogP contribution in [0.5, 0.6) is 0 Å². The number of aryl methyl sites for hydroxylation is 3. The average molecular weight is 429 g/mol. The number of benzene rings is 1. The van der Waals surface area contributed by atoms with Gasteiger partial charge in [0.25, 0.3) is 5.91 Å². The molecular weight excluding hydrogens is 406 g/mol. The zero-order valence-corrected chi connectivity index (χ0v) is 17.9. The summed E-state index contributed by atoms with van der Waals surface area (Å²) in [5.74, 6) is 0.111. The summed E-state index contributed by atoms with van der Waals surface area (Å²) in [5.41, 5.74) is 4.21. The van der Waals surface area contributed by atoms with Gasteiger partial charge in [0.2, 0.25) is 5.91 Å². The summed E-state index contributed by atoms with van der Waals surface area (Å²) < 4.78 is 3.69. The Labute approximate surface area is 184 Å².